The van der Waals surface area contributed by atoms with Crippen molar-refractivity contribution in [2.24, 2.45) is 4.99 Å². The average molecular weight is 379 g/mol. The van der Waals surface area contributed by atoms with Gasteiger partial charge in [0.2, 0.25) is 5.88 Å². The van der Waals surface area contributed by atoms with Crippen molar-refractivity contribution in [2.75, 3.05) is 13.2 Å². The number of para-hydroxylation sites is 2. The number of fused-ring (bicyclic) bond motifs is 1. The molecule has 25 heavy (non-hydrogen) atoms. The van der Waals surface area contributed by atoms with Crippen molar-refractivity contribution in [3.05, 3.63) is 58.1 Å². The Labute approximate surface area is 154 Å². The normalized spacial score (nSPS) is 13.0. The molecule has 0 aliphatic carbocycles. The van der Waals surface area contributed by atoms with Crippen LogP contribution in [0.25, 0.3) is 16.6 Å². The minimum Gasteiger partial charge on any atom is -0.494 e. The molecule has 0 amide bonds. The highest BCUT2D eigenvalue weighted by atomic mass is 35.5. The molecule has 0 bridgehead atoms. The summed E-state index contributed by atoms with van der Waals surface area (Å²) in [6, 6.07) is 12.5. The lowest BCUT2D eigenvalue weighted by molar-refractivity contribution is 0.102. The summed E-state index contributed by atoms with van der Waals surface area (Å²) in [7, 11) is 0. The molecule has 3 aromatic rings. The Morgan fingerprint density at radius 3 is 2.44 bits per heavy atom. The summed E-state index contributed by atoms with van der Waals surface area (Å²) < 4.78 is 1.57. The third-order valence-corrected chi connectivity index (χ3v) is 4.41. The zero-order chi connectivity index (χ0) is 18.0. The monoisotopic (exact) mass is 378 g/mol. The first-order chi connectivity index (χ1) is 12.0. The third kappa shape index (κ3) is 3.37. The van der Waals surface area contributed by atoms with Crippen molar-refractivity contribution in [1.29, 1.82) is 0 Å². The molecule has 0 saturated carbocycles. The molecule has 0 aliphatic rings. The minimum atomic E-state index is -0.940. The molecule has 7 heteroatoms. The second-order valence-electron chi connectivity index (χ2n) is 5.49. The van der Waals surface area contributed by atoms with E-state index in [0.717, 1.165) is 10.9 Å². The first-order valence-electron chi connectivity index (χ1n) is 7.60. The van der Waals surface area contributed by atoms with Crippen LogP contribution < -0.4 is 0 Å². The van der Waals surface area contributed by atoms with E-state index in [-0.39, 0.29) is 19.0 Å². The topological polar surface area (TPSA) is 78.0 Å². The number of aromatic nitrogens is 1. The van der Waals surface area contributed by atoms with Gasteiger partial charge in [-0.3, -0.25) is 9.56 Å². The summed E-state index contributed by atoms with van der Waals surface area (Å²) in [5.41, 5.74) is 1.69. The molecule has 2 aromatic carbocycles. The SMILES string of the molecule is OCC(O)CN=Cc1c(O)n(-c2c(Cl)cccc2Cl)c2ccccc12. The highest BCUT2D eigenvalue weighted by Crippen LogP contribution is 2.38. The van der Waals surface area contributed by atoms with Gasteiger partial charge in [-0.25, -0.2) is 0 Å². The van der Waals surface area contributed by atoms with Crippen LogP contribution in [0.3, 0.4) is 0 Å². The summed E-state index contributed by atoms with van der Waals surface area (Å²) in [6.07, 6.45) is 0.530. The Morgan fingerprint density at radius 2 is 1.76 bits per heavy atom. The van der Waals surface area contributed by atoms with Gasteiger partial charge in [0.25, 0.3) is 0 Å². The molecule has 1 atom stereocenters. The minimum absolute atomic E-state index is 0.0301. The van der Waals surface area contributed by atoms with E-state index in [0.29, 0.717) is 21.3 Å². The molecular weight excluding hydrogens is 363 g/mol. The van der Waals surface area contributed by atoms with Gasteiger partial charge in [-0.2, -0.15) is 0 Å². The Bertz CT molecular complexity index is 917. The van der Waals surface area contributed by atoms with E-state index in [4.69, 9.17) is 28.3 Å². The van der Waals surface area contributed by atoms with Gasteiger partial charge in [0.15, 0.2) is 0 Å². The average Bonchev–Trinajstić information content (AvgIpc) is 2.87. The van der Waals surface area contributed by atoms with Crippen molar-refractivity contribution < 1.29 is 15.3 Å². The number of hydrogen-bond acceptors (Lipinski definition) is 4. The predicted molar refractivity (Wildman–Crippen MR) is 101 cm³/mol. The van der Waals surface area contributed by atoms with Gasteiger partial charge in [0.05, 0.1) is 46.1 Å². The summed E-state index contributed by atoms with van der Waals surface area (Å²) >= 11 is 12.6. The highest BCUT2D eigenvalue weighted by molar-refractivity contribution is 6.38. The summed E-state index contributed by atoms with van der Waals surface area (Å²) in [5, 5.41) is 30.6. The third-order valence-electron chi connectivity index (χ3n) is 3.80. The number of halogens is 2. The summed E-state index contributed by atoms with van der Waals surface area (Å²) in [5.74, 6) is -0.0570. The Hall–Kier alpha value is -2.05. The van der Waals surface area contributed by atoms with Crippen molar-refractivity contribution in [3.63, 3.8) is 0 Å². The smallest absolute Gasteiger partial charge is 0.205 e. The molecule has 5 nitrogen and oxygen atoms in total. The lowest BCUT2D eigenvalue weighted by Crippen LogP contribution is -2.15. The van der Waals surface area contributed by atoms with Crippen LogP contribution in [0.2, 0.25) is 10.0 Å². The van der Waals surface area contributed by atoms with Crippen LogP contribution in [-0.4, -0.2) is 45.4 Å². The molecule has 0 saturated heterocycles. The van der Waals surface area contributed by atoms with Crippen molar-refractivity contribution in [2.45, 2.75) is 6.10 Å². The van der Waals surface area contributed by atoms with Crippen LogP contribution in [0.4, 0.5) is 0 Å². The molecule has 1 aromatic heterocycles. The first-order valence-corrected chi connectivity index (χ1v) is 8.35. The van der Waals surface area contributed by atoms with Gasteiger partial charge < -0.3 is 15.3 Å². The number of aliphatic hydroxyl groups is 2. The maximum Gasteiger partial charge on any atom is 0.205 e. The van der Waals surface area contributed by atoms with Crippen LogP contribution in [0, 0.1) is 0 Å². The summed E-state index contributed by atoms with van der Waals surface area (Å²) in [4.78, 5) is 4.10. The van der Waals surface area contributed by atoms with Gasteiger partial charge in [-0.05, 0) is 18.2 Å². The number of aliphatic hydroxyl groups excluding tert-OH is 2. The van der Waals surface area contributed by atoms with Crippen LogP contribution in [0.5, 0.6) is 5.88 Å². The number of hydrogen-bond donors (Lipinski definition) is 3. The number of aromatic hydroxyl groups is 1. The molecule has 0 fully saturated rings. The van der Waals surface area contributed by atoms with E-state index >= 15 is 0 Å². The van der Waals surface area contributed by atoms with E-state index in [1.807, 2.05) is 24.3 Å². The number of benzene rings is 2. The molecule has 1 unspecified atom stereocenters. The Balaban J connectivity index is 2.20. The summed E-state index contributed by atoms with van der Waals surface area (Å²) in [6.45, 7) is -0.345. The van der Waals surface area contributed by atoms with E-state index in [1.165, 1.54) is 6.21 Å². The van der Waals surface area contributed by atoms with Crippen LogP contribution >= 0.6 is 23.2 Å². The fraction of sp³-hybridized carbons (Fsp3) is 0.167. The van der Waals surface area contributed by atoms with Crippen molar-refractivity contribution in [1.82, 2.24) is 4.57 Å². The van der Waals surface area contributed by atoms with E-state index < -0.39 is 6.10 Å². The lowest BCUT2D eigenvalue weighted by Gasteiger charge is -2.11. The van der Waals surface area contributed by atoms with Crippen LogP contribution in [0.1, 0.15) is 5.56 Å². The van der Waals surface area contributed by atoms with Crippen molar-refractivity contribution >= 4 is 40.3 Å². The quantitative estimate of drug-likeness (QED) is 0.595. The first kappa shape index (κ1) is 17.8. The number of nitrogens with zero attached hydrogens (tertiary/aromatic N) is 2. The van der Waals surface area contributed by atoms with Crippen molar-refractivity contribution in [3.8, 4) is 11.6 Å². The van der Waals surface area contributed by atoms with E-state index in [2.05, 4.69) is 4.99 Å². The molecule has 0 radical (unpaired) electrons. The van der Waals surface area contributed by atoms with Gasteiger partial charge in [0, 0.05) is 11.6 Å². The van der Waals surface area contributed by atoms with E-state index in [9.17, 15) is 10.2 Å². The maximum atomic E-state index is 10.8. The zero-order valence-electron chi connectivity index (χ0n) is 13.1. The van der Waals surface area contributed by atoms with E-state index in [1.54, 1.807) is 22.8 Å². The molecular formula is C18H16Cl2N2O3. The second-order valence-corrected chi connectivity index (χ2v) is 6.31. The molecule has 0 spiro atoms. The van der Waals surface area contributed by atoms with Gasteiger partial charge in [-0.15, -0.1) is 0 Å². The van der Waals surface area contributed by atoms with Crippen LogP contribution in [0.15, 0.2) is 47.5 Å². The van der Waals surface area contributed by atoms with Gasteiger partial charge in [-0.1, -0.05) is 47.5 Å². The molecule has 1 heterocycles. The largest absolute Gasteiger partial charge is 0.494 e. The Kier molecular flexibility index (Phi) is 5.30. The molecule has 0 aliphatic heterocycles. The Morgan fingerprint density at radius 1 is 1.08 bits per heavy atom. The van der Waals surface area contributed by atoms with Crippen LogP contribution in [-0.2, 0) is 0 Å². The predicted octanol–water partition coefficient (Wildman–Crippen LogP) is 3.42. The van der Waals surface area contributed by atoms with Gasteiger partial charge in [0.1, 0.15) is 0 Å². The van der Waals surface area contributed by atoms with Gasteiger partial charge >= 0.3 is 0 Å². The highest BCUT2D eigenvalue weighted by Gasteiger charge is 2.19. The fourth-order valence-corrected chi connectivity index (χ4v) is 3.20. The number of rotatable bonds is 5. The maximum absolute atomic E-state index is 10.8. The molecule has 130 valence electrons. The molecule has 3 N–H and O–H groups in total. The number of aliphatic imine (C=N–C) groups is 1. The lowest BCUT2D eigenvalue weighted by atomic mass is 10.2. The second kappa shape index (κ2) is 7.45. The zero-order valence-corrected chi connectivity index (χ0v) is 14.6. The standard InChI is InChI=1S/C18H16Cl2N2O3/c19-14-5-3-6-15(20)17(14)22-16-7-2-1-4-12(16)13(18(22)25)9-21-8-11(24)10-23/h1-7,9,11,23-25H,8,10H2. The fourth-order valence-electron chi connectivity index (χ4n) is 2.63. The molecule has 3 rings (SSSR count).